The minimum absolute atomic E-state index is 0.182. The summed E-state index contributed by atoms with van der Waals surface area (Å²) in [4.78, 5) is 51.5. The topological polar surface area (TPSA) is 92.8 Å². The van der Waals surface area contributed by atoms with Gasteiger partial charge in [0.2, 0.25) is 11.8 Å². The first-order chi connectivity index (χ1) is 15.5. The van der Waals surface area contributed by atoms with Crippen LogP contribution in [0.1, 0.15) is 54.6 Å². The molecule has 1 aliphatic carbocycles. The van der Waals surface area contributed by atoms with Crippen LogP contribution in [-0.2, 0) is 19.1 Å². The molecular formula is C25H26N2O5. The Labute approximate surface area is 186 Å². The lowest BCUT2D eigenvalue weighted by atomic mass is 9.81. The smallest absolute Gasteiger partial charge is 0.338 e. The van der Waals surface area contributed by atoms with Crippen LogP contribution < -0.4 is 10.2 Å². The maximum absolute atomic E-state index is 12.8. The third-order valence-corrected chi connectivity index (χ3v) is 6.19. The third-order valence-electron chi connectivity index (χ3n) is 6.19. The molecule has 7 nitrogen and oxygen atoms in total. The molecule has 0 bridgehead atoms. The van der Waals surface area contributed by atoms with Gasteiger partial charge in [-0.3, -0.25) is 19.3 Å². The van der Waals surface area contributed by atoms with Crippen molar-refractivity contribution in [2.24, 2.45) is 11.8 Å². The van der Waals surface area contributed by atoms with E-state index in [9.17, 15) is 19.2 Å². The number of esters is 1. The van der Waals surface area contributed by atoms with Gasteiger partial charge >= 0.3 is 5.97 Å². The molecule has 1 heterocycles. The second kappa shape index (κ2) is 9.34. The van der Waals surface area contributed by atoms with E-state index in [2.05, 4.69) is 5.32 Å². The number of rotatable bonds is 6. The molecule has 0 radical (unpaired) electrons. The van der Waals surface area contributed by atoms with Gasteiger partial charge in [0.25, 0.3) is 5.91 Å². The summed E-state index contributed by atoms with van der Waals surface area (Å²) in [7, 11) is 0. The summed E-state index contributed by atoms with van der Waals surface area (Å²) in [5.74, 6) is -2.02. The van der Waals surface area contributed by atoms with E-state index in [1.54, 1.807) is 12.1 Å². The van der Waals surface area contributed by atoms with Crippen molar-refractivity contribution < 1.29 is 23.9 Å². The van der Waals surface area contributed by atoms with Crippen LogP contribution in [0.2, 0.25) is 0 Å². The Morgan fingerprint density at radius 1 is 1.00 bits per heavy atom. The molecule has 3 amide bonds. The Morgan fingerprint density at radius 2 is 1.66 bits per heavy atom. The summed E-state index contributed by atoms with van der Waals surface area (Å²) in [6.45, 7) is 1.42. The molecule has 166 valence electrons. The van der Waals surface area contributed by atoms with Gasteiger partial charge in [-0.15, -0.1) is 0 Å². The zero-order valence-corrected chi connectivity index (χ0v) is 18.0. The highest BCUT2D eigenvalue weighted by Gasteiger charge is 2.48. The molecule has 3 atom stereocenters. The molecule has 1 N–H and O–H groups in total. The van der Waals surface area contributed by atoms with Crippen molar-refractivity contribution in [3.8, 4) is 0 Å². The summed E-state index contributed by atoms with van der Waals surface area (Å²) in [6.07, 6.45) is 3.35. The van der Waals surface area contributed by atoms with Gasteiger partial charge in [-0.05, 0) is 43.5 Å². The number of nitrogens with zero attached hydrogens (tertiary/aromatic N) is 1. The lowest BCUT2D eigenvalue weighted by Gasteiger charge is -2.19. The quantitative estimate of drug-likeness (QED) is 0.556. The molecule has 1 aliphatic heterocycles. The molecule has 1 saturated heterocycles. The van der Waals surface area contributed by atoms with Crippen LogP contribution in [0.25, 0.3) is 0 Å². The Kier molecular flexibility index (Phi) is 6.35. The average Bonchev–Trinajstić information content (AvgIpc) is 3.08. The van der Waals surface area contributed by atoms with Crippen LogP contribution in [-0.4, -0.2) is 30.3 Å². The highest BCUT2D eigenvalue weighted by molar-refractivity contribution is 6.22. The van der Waals surface area contributed by atoms with E-state index >= 15 is 0 Å². The molecule has 0 spiro atoms. The van der Waals surface area contributed by atoms with E-state index in [0.29, 0.717) is 5.69 Å². The summed E-state index contributed by atoms with van der Waals surface area (Å²) in [5, 5.41) is 2.79. The third kappa shape index (κ3) is 4.42. The van der Waals surface area contributed by atoms with E-state index in [1.807, 2.05) is 37.3 Å². The first-order valence-corrected chi connectivity index (χ1v) is 10.9. The summed E-state index contributed by atoms with van der Waals surface area (Å²) >= 11 is 0. The van der Waals surface area contributed by atoms with Crippen molar-refractivity contribution in [3.05, 3.63) is 65.7 Å². The maximum atomic E-state index is 12.8. The van der Waals surface area contributed by atoms with Crippen LogP contribution >= 0.6 is 0 Å². The first kappa shape index (κ1) is 21.7. The van der Waals surface area contributed by atoms with E-state index in [1.165, 1.54) is 17.0 Å². The van der Waals surface area contributed by atoms with Crippen molar-refractivity contribution in [1.29, 1.82) is 0 Å². The standard InChI is InChI=1S/C25H26N2O5/c1-16(17-8-3-2-4-9-17)26-22(28)15-32-25(31)18-10-7-11-19(14-18)27-23(29)20-12-5-6-13-21(20)24(27)30/h2-4,7-11,14,16,20-21H,5-6,12-13,15H2,1H3,(H,26,28)/t16-,20-,21+/m0/s1. The molecule has 2 aliphatic rings. The van der Waals surface area contributed by atoms with E-state index < -0.39 is 18.5 Å². The fourth-order valence-corrected chi connectivity index (χ4v) is 4.51. The number of imide groups is 1. The van der Waals surface area contributed by atoms with Gasteiger partial charge in [0.05, 0.1) is 29.1 Å². The highest BCUT2D eigenvalue weighted by atomic mass is 16.5. The fourth-order valence-electron chi connectivity index (χ4n) is 4.51. The molecular weight excluding hydrogens is 408 g/mol. The van der Waals surface area contributed by atoms with E-state index in [4.69, 9.17) is 4.74 Å². The van der Waals surface area contributed by atoms with Gasteiger partial charge in [-0.2, -0.15) is 0 Å². The van der Waals surface area contributed by atoms with Crippen LogP contribution in [0.15, 0.2) is 54.6 Å². The SMILES string of the molecule is C[C@H](NC(=O)COC(=O)c1cccc(N2C(=O)[C@H]3CCCC[C@H]3C2=O)c1)c1ccccc1. The van der Waals surface area contributed by atoms with Crippen molar-refractivity contribution in [2.45, 2.75) is 38.6 Å². The number of benzene rings is 2. The minimum atomic E-state index is -0.689. The number of fused-ring (bicyclic) bond motifs is 1. The van der Waals surface area contributed by atoms with Gasteiger partial charge in [-0.1, -0.05) is 49.2 Å². The van der Waals surface area contributed by atoms with Crippen molar-refractivity contribution in [2.75, 3.05) is 11.5 Å². The predicted octanol–water partition coefficient (Wildman–Crippen LogP) is 3.40. The second-order valence-electron chi connectivity index (χ2n) is 8.34. The number of anilines is 1. The Hall–Kier alpha value is -3.48. The van der Waals surface area contributed by atoms with Crippen LogP contribution in [0.3, 0.4) is 0 Å². The van der Waals surface area contributed by atoms with E-state index in [-0.39, 0.29) is 35.3 Å². The van der Waals surface area contributed by atoms with Crippen molar-refractivity contribution in [3.63, 3.8) is 0 Å². The molecule has 2 fully saturated rings. The number of hydrogen-bond acceptors (Lipinski definition) is 5. The Bertz CT molecular complexity index is 1010. The number of carbonyl (C=O) groups is 4. The Balaban J connectivity index is 1.38. The molecule has 1 saturated carbocycles. The predicted molar refractivity (Wildman–Crippen MR) is 118 cm³/mol. The van der Waals surface area contributed by atoms with Gasteiger partial charge in [0.1, 0.15) is 0 Å². The van der Waals surface area contributed by atoms with E-state index in [0.717, 1.165) is 31.2 Å². The Morgan fingerprint density at radius 3 is 2.31 bits per heavy atom. The van der Waals surface area contributed by atoms with Gasteiger partial charge < -0.3 is 10.1 Å². The number of nitrogens with one attached hydrogen (secondary N) is 1. The summed E-state index contributed by atoms with van der Waals surface area (Å²) in [6, 6.07) is 15.5. The summed E-state index contributed by atoms with van der Waals surface area (Å²) < 4.78 is 5.15. The number of amides is 3. The lowest BCUT2D eigenvalue weighted by molar-refractivity contribution is -0.125. The lowest BCUT2D eigenvalue weighted by Crippen LogP contribution is -2.31. The summed E-state index contributed by atoms with van der Waals surface area (Å²) in [5.41, 5.74) is 1.49. The fraction of sp³-hybridized carbons (Fsp3) is 0.360. The van der Waals surface area contributed by atoms with Gasteiger partial charge in [0.15, 0.2) is 6.61 Å². The largest absolute Gasteiger partial charge is 0.452 e. The zero-order valence-electron chi connectivity index (χ0n) is 18.0. The minimum Gasteiger partial charge on any atom is -0.452 e. The molecule has 0 unspecified atom stereocenters. The second-order valence-corrected chi connectivity index (χ2v) is 8.34. The molecule has 2 aromatic carbocycles. The van der Waals surface area contributed by atoms with Crippen molar-refractivity contribution >= 4 is 29.4 Å². The van der Waals surface area contributed by atoms with Gasteiger partial charge in [-0.25, -0.2) is 4.79 Å². The van der Waals surface area contributed by atoms with Gasteiger partial charge in [0, 0.05) is 0 Å². The molecule has 32 heavy (non-hydrogen) atoms. The molecule has 2 aromatic rings. The monoisotopic (exact) mass is 434 g/mol. The molecule has 0 aromatic heterocycles. The highest BCUT2D eigenvalue weighted by Crippen LogP contribution is 2.40. The molecule has 4 rings (SSSR count). The molecule has 7 heteroatoms. The van der Waals surface area contributed by atoms with Crippen LogP contribution in [0, 0.1) is 11.8 Å². The maximum Gasteiger partial charge on any atom is 0.338 e. The number of hydrogen-bond donors (Lipinski definition) is 1. The van der Waals surface area contributed by atoms with Crippen LogP contribution in [0.4, 0.5) is 5.69 Å². The number of ether oxygens (including phenoxy) is 1. The normalized spacial score (nSPS) is 21.1. The zero-order chi connectivity index (χ0) is 22.7. The van der Waals surface area contributed by atoms with Crippen molar-refractivity contribution in [1.82, 2.24) is 5.32 Å². The number of carbonyl (C=O) groups excluding carboxylic acids is 4. The average molecular weight is 434 g/mol. The van der Waals surface area contributed by atoms with Crippen LogP contribution in [0.5, 0.6) is 0 Å². The first-order valence-electron chi connectivity index (χ1n) is 10.9.